The monoisotopic (exact) mass is 309 g/mol. The van der Waals surface area contributed by atoms with E-state index in [9.17, 15) is 9.59 Å². The quantitative estimate of drug-likeness (QED) is 0.642. The van der Waals surface area contributed by atoms with Gasteiger partial charge in [0.25, 0.3) is 0 Å². The lowest BCUT2D eigenvalue weighted by molar-refractivity contribution is -0.132. The summed E-state index contributed by atoms with van der Waals surface area (Å²) in [7, 11) is 0. The van der Waals surface area contributed by atoms with Crippen molar-refractivity contribution in [2.45, 2.75) is 46.1 Å². The highest BCUT2D eigenvalue weighted by molar-refractivity contribution is 5.87. The highest BCUT2D eigenvalue weighted by atomic mass is 16.2. The fourth-order valence-electron chi connectivity index (χ4n) is 3.09. The lowest BCUT2D eigenvalue weighted by Gasteiger charge is -2.38. The van der Waals surface area contributed by atoms with Gasteiger partial charge in [-0.3, -0.25) is 9.59 Å². The van der Waals surface area contributed by atoms with Gasteiger partial charge in [0.2, 0.25) is 11.8 Å². The first-order valence-corrected chi connectivity index (χ1v) is 8.44. The van der Waals surface area contributed by atoms with E-state index in [4.69, 9.17) is 0 Å². The number of piperidine rings is 1. The predicted molar refractivity (Wildman–Crippen MR) is 89.6 cm³/mol. The van der Waals surface area contributed by atoms with Crippen LogP contribution in [0.4, 0.5) is 0 Å². The molecule has 0 aromatic heterocycles. The minimum atomic E-state index is 0.0146. The van der Waals surface area contributed by atoms with Crippen molar-refractivity contribution >= 4 is 11.8 Å². The van der Waals surface area contributed by atoms with Crippen molar-refractivity contribution in [1.29, 1.82) is 0 Å². The van der Waals surface area contributed by atoms with Crippen molar-refractivity contribution in [1.82, 2.24) is 14.7 Å². The molecule has 0 aromatic carbocycles. The third kappa shape index (κ3) is 5.44. The molecule has 1 rings (SSSR count). The largest absolute Gasteiger partial charge is 0.343 e. The summed E-state index contributed by atoms with van der Waals surface area (Å²) in [5.74, 6) is 0.141. The van der Waals surface area contributed by atoms with Crippen molar-refractivity contribution in [3.05, 3.63) is 12.7 Å². The summed E-state index contributed by atoms with van der Waals surface area (Å²) >= 11 is 0. The van der Waals surface area contributed by atoms with E-state index in [0.29, 0.717) is 0 Å². The Morgan fingerprint density at radius 3 is 2.23 bits per heavy atom. The molecule has 5 nitrogen and oxygen atoms in total. The van der Waals surface area contributed by atoms with Crippen LogP contribution in [-0.4, -0.2) is 71.8 Å². The molecule has 0 radical (unpaired) electrons. The molecule has 5 heteroatoms. The van der Waals surface area contributed by atoms with Crippen LogP contribution < -0.4 is 0 Å². The number of likely N-dealkylation sites (tertiary alicyclic amines) is 1. The van der Waals surface area contributed by atoms with Crippen LogP contribution in [0.2, 0.25) is 0 Å². The second-order valence-electron chi connectivity index (χ2n) is 5.85. The molecule has 0 bridgehead atoms. The Labute approximate surface area is 134 Å². The fraction of sp³-hybridized carbons (Fsp3) is 0.765. The van der Waals surface area contributed by atoms with E-state index in [1.807, 2.05) is 9.80 Å². The Hall–Kier alpha value is -1.36. The molecule has 0 saturated carbocycles. The molecule has 22 heavy (non-hydrogen) atoms. The van der Waals surface area contributed by atoms with Crippen LogP contribution in [-0.2, 0) is 9.59 Å². The number of carbonyl (C=O) groups is 2. The molecule has 0 spiro atoms. The number of rotatable bonds is 8. The average Bonchev–Trinajstić information content (AvgIpc) is 2.54. The van der Waals surface area contributed by atoms with Gasteiger partial charge >= 0.3 is 0 Å². The first-order valence-electron chi connectivity index (χ1n) is 8.44. The molecule has 0 atom stereocenters. The van der Waals surface area contributed by atoms with Crippen LogP contribution in [0.5, 0.6) is 0 Å². The zero-order valence-electron chi connectivity index (χ0n) is 14.4. The van der Waals surface area contributed by atoms with Crippen molar-refractivity contribution in [2.24, 2.45) is 0 Å². The van der Waals surface area contributed by atoms with Gasteiger partial charge in [-0.2, -0.15) is 0 Å². The van der Waals surface area contributed by atoms with E-state index < -0.39 is 0 Å². The number of carbonyl (C=O) groups excluding carboxylic acids is 2. The van der Waals surface area contributed by atoms with Crippen LogP contribution in [0, 0.1) is 0 Å². The lowest BCUT2D eigenvalue weighted by atomic mass is 10.0. The second kappa shape index (κ2) is 9.62. The Bertz CT molecular complexity index is 372. The second-order valence-corrected chi connectivity index (χ2v) is 5.85. The molecule has 1 aliphatic heterocycles. The molecule has 0 aromatic rings. The highest BCUT2D eigenvalue weighted by Gasteiger charge is 2.27. The standard InChI is InChI=1S/C17H31N3O2/c1-5-17(22)20(12-8-11-18(6-2)7-3)16-9-13-19(14-10-16)15(4)21/h5,16H,1,6-14H2,2-4H3. The third-order valence-corrected chi connectivity index (χ3v) is 4.58. The van der Waals surface area contributed by atoms with Crippen molar-refractivity contribution in [2.75, 3.05) is 39.3 Å². The SMILES string of the molecule is C=CC(=O)N(CCCN(CC)CC)C1CCN(C(C)=O)CC1. The summed E-state index contributed by atoms with van der Waals surface area (Å²) < 4.78 is 0. The maximum atomic E-state index is 12.2. The molecule has 0 N–H and O–H groups in total. The van der Waals surface area contributed by atoms with E-state index >= 15 is 0 Å². The highest BCUT2D eigenvalue weighted by Crippen LogP contribution is 2.17. The van der Waals surface area contributed by atoms with Gasteiger partial charge in [0.05, 0.1) is 0 Å². The molecule has 1 heterocycles. The number of hydrogen-bond acceptors (Lipinski definition) is 3. The van der Waals surface area contributed by atoms with Crippen LogP contribution in [0.15, 0.2) is 12.7 Å². The molecule has 1 aliphatic rings. The summed E-state index contributed by atoms with van der Waals surface area (Å²) in [6.45, 7) is 14.9. The van der Waals surface area contributed by atoms with Crippen LogP contribution >= 0.6 is 0 Å². The summed E-state index contributed by atoms with van der Waals surface area (Å²) in [6, 6.07) is 0.234. The van der Waals surface area contributed by atoms with Gasteiger partial charge in [-0.25, -0.2) is 0 Å². The third-order valence-electron chi connectivity index (χ3n) is 4.58. The van der Waals surface area contributed by atoms with Gasteiger partial charge in [0, 0.05) is 32.6 Å². The van der Waals surface area contributed by atoms with Crippen LogP contribution in [0.25, 0.3) is 0 Å². The van der Waals surface area contributed by atoms with Gasteiger partial charge in [-0.1, -0.05) is 20.4 Å². The van der Waals surface area contributed by atoms with E-state index in [0.717, 1.165) is 58.5 Å². The maximum absolute atomic E-state index is 12.2. The maximum Gasteiger partial charge on any atom is 0.246 e. The molecule has 1 saturated heterocycles. The normalized spacial score (nSPS) is 15.9. The van der Waals surface area contributed by atoms with E-state index in [1.165, 1.54) is 6.08 Å². The molecule has 126 valence electrons. The van der Waals surface area contributed by atoms with Gasteiger partial charge in [-0.05, 0) is 45.0 Å². The minimum absolute atomic E-state index is 0.0146. The first kappa shape index (κ1) is 18.7. The first-order chi connectivity index (χ1) is 10.5. The predicted octanol–water partition coefficient (Wildman–Crippen LogP) is 1.74. The smallest absolute Gasteiger partial charge is 0.246 e. The minimum Gasteiger partial charge on any atom is -0.343 e. The average molecular weight is 309 g/mol. The Balaban J connectivity index is 2.53. The molecule has 1 fully saturated rings. The Morgan fingerprint density at radius 2 is 1.77 bits per heavy atom. The summed E-state index contributed by atoms with van der Waals surface area (Å²) in [5, 5.41) is 0. The number of amides is 2. The van der Waals surface area contributed by atoms with Gasteiger partial charge in [0.15, 0.2) is 0 Å². The van der Waals surface area contributed by atoms with E-state index in [-0.39, 0.29) is 17.9 Å². The van der Waals surface area contributed by atoms with Gasteiger partial charge in [-0.15, -0.1) is 0 Å². The fourth-order valence-corrected chi connectivity index (χ4v) is 3.09. The molecule has 2 amide bonds. The van der Waals surface area contributed by atoms with E-state index in [2.05, 4.69) is 25.3 Å². The topological polar surface area (TPSA) is 43.9 Å². The number of nitrogens with zero attached hydrogens (tertiary/aromatic N) is 3. The van der Waals surface area contributed by atoms with E-state index in [1.54, 1.807) is 6.92 Å². The Kier molecular flexibility index (Phi) is 8.17. The summed E-state index contributed by atoms with van der Waals surface area (Å²) in [4.78, 5) is 29.7. The summed E-state index contributed by atoms with van der Waals surface area (Å²) in [5.41, 5.74) is 0. The lowest BCUT2D eigenvalue weighted by Crippen LogP contribution is -2.48. The Morgan fingerprint density at radius 1 is 1.18 bits per heavy atom. The van der Waals surface area contributed by atoms with Crippen molar-refractivity contribution in [3.8, 4) is 0 Å². The molecule has 0 unspecified atom stereocenters. The van der Waals surface area contributed by atoms with Crippen molar-refractivity contribution in [3.63, 3.8) is 0 Å². The van der Waals surface area contributed by atoms with Crippen molar-refractivity contribution < 1.29 is 9.59 Å². The van der Waals surface area contributed by atoms with Gasteiger partial charge < -0.3 is 14.7 Å². The zero-order valence-corrected chi connectivity index (χ0v) is 14.4. The summed E-state index contributed by atoms with van der Waals surface area (Å²) in [6.07, 6.45) is 4.12. The van der Waals surface area contributed by atoms with Gasteiger partial charge in [0.1, 0.15) is 0 Å². The van der Waals surface area contributed by atoms with Crippen LogP contribution in [0.1, 0.15) is 40.0 Å². The number of hydrogen-bond donors (Lipinski definition) is 0. The molecular weight excluding hydrogens is 278 g/mol. The molecular formula is C17H31N3O2. The zero-order chi connectivity index (χ0) is 16.5. The molecule has 0 aliphatic carbocycles. The van der Waals surface area contributed by atoms with Crippen LogP contribution in [0.3, 0.4) is 0 Å².